The Hall–Kier alpha value is -2.06. The molecule has 0 radical (unpaired) electrons. The third kappa shape index (κ3) is 5.72. The molecule has 0 saturated carbocycles. The number of benzene rings is 1. The minimum atomic E-state index is -0.0000694. The summed E-state index contributed by atoms with van der Waals surface area (Å²) in [5, 5.41) is 11.8. The molecule has 5 heteroatoms. The molecule has 108 valence electrons. The predicted octanol–water partition coefficient (Wildman–Crippen LogP) is 1.39. The molecule has 0 bridgehead atoms. The van der Waals surface area contributed by atoms with Crippen LogP contribution >= 0.6 is 0 Å². The number of para-hydroxylation sites is 1. The molecule has 1 aromatic carbocycles. The number of nitrogens with zero attached hydrogens (tertiary/aromatic N) is 2. The fourth-order valence-electron chi connectivity index (χ4n) is 1.69. The first-order valence-electron chi connectivity index (χ1n) is 6.62. The van der Waals surface area contributed by atoms with E-state index in [2.05, 4.69) is 11.4 Å². The Labute approximate surface area is 120 Å². The van der Waals surface area contributed by atoms with Crippen molar-refractivity contribution in [2.24, 2.45) is 0 Å². The number of rotatable bonds is 7. The van der Waals surface area contributed by atoms with Crippen molar-refractivity contribution in [3.63, 3.8) is 0 Å². The Balaban J connectivity index is 2.33. The van der Waals surface area contributed by atoms with Gasteiger partial charge in [0.05, 0.1) is 12.1 Å². The maximum Gasteiger partial charge on any atom is 0.234 e. The topological polar surface area (TPSA) is 65.4 Å². The maximum atomic E-state index is 11.6. The van der Waals surface area contributed by atoms with Gasteiger partial charge in [0, 0.05) is 12.6 Å². The van der Waals surface area contributed by atoms with Gasteiger partial charge in [-0.25, -0.2) is 0 Å². The van der Waals surface area contributed by atoms with E-state index in [1.807, 2.05) is 31.9 Å². The van der Waals surface area contributed by atoms with Gasteiger partial charge in [-0.3, -0.25) is 9.69 Å². The first-order chi connectivity index (χ1) is 9.52. The zero-order chi connectivity index (χ0) is 15.0. The Morgan fingerprint density at radius 3 is 2.80 bits per heavy atom. The highest BCUT2D eigenvalue weighted by Crippen LogP contribution is 2.16. The molecule has 0 unspecified atom stereocenters. The van der Waals surface area contributed by atoms with E-state index in [1.165, 1.54) is 0 Å². The second-order valence-electron chi connectivity index (χ2n) is 4.92. The number of ether oxygens (including phenoxy) is 1. The third-order valence-electron chi connectivity index (χ3n) is 2.60. The van der Waals surface area contributed by atoms with Crippen molar-refractivity contribution in [2.75, 3.05) is 26.7 Å². The van der Waals surface area contributed by atoms with E-state index in [1.54, 1.807) is 18.2 Å². The highest BCUT2D eigenvalue weighted by Gasteiger charge is 2.08. The van der Waals surface area contributed by atoms with Gasteiger partial charge >= 0.3 is 0 Å². The molecule has 0 atom stereocenters. The molecule has 5 nitrogen and oxygen atoms in total. The molecule has 0 heterocycles. The van der Waals surface area contributed by atoms with E-state index < -0.39 is 0 Å². The summed E-state index contributed by atoms with van der Waals surface area (Å²) in [6, 6.07) is 9.35. The molecule has 0 aliphatic carbocycles. The summed E-state index contributed by atoms with van der Waals surface area (Å²) >= 11 is 0. The quantitative estimate of drug-likeness (QED) is 0.816. The average Bonchev–Trinajstić information content (AvgIpc) is 2.38. The molecule has 1 aromatic rings. The number of hydrogen-bond donors (Lipinski definition) is 1. The fraction of sp³-hybridized carbons (Fsp3) is 0.467. The Morgan fingerprint density at radius 1 is 1.45 bits per heavy atom. The molecule has 0 fully saturated rings. The normalized spacial score (nSPS) is 10.4. The summed E-state index contributed by atoms with van der Waals surface area (Å²) in [4.78, 5) is 13.4. The lowest BCUT2D eigenvalue weighted by Crippen LogP contribution is -2.39. The van der Waals surface area contributed by atoms with Crippen LogP contribution in [0.2, 0.25) is 0 Å². The molecular weight excluding hydrogens is 254 g/mol. The number of nitriles is 1. The molecule has 0 spiro atoms. The standard InChI is InChI=1S/C15H21N3O2/c1-12(2)17-15(19)11-18(3)8-9-20-14-7-5-4-6-13(14)10-16/h4-7,12H,8-9,11H2,1-3H3,(H,17,19). The third-order valence-corrected chi connectivity index (χ3v) is 2.60. The number of nitrogens with one attached hydrogen (secondary N) is 1. The number of carbonyl (C=O) groups excluding carboxylic acids is 1. The number of likely N-dealkylation sites (N-methyl/N-ethyl adjacent to an activating group) is 1. The van der Waals surface area contributed by atoms with Gasteiger partial charge in [0.15, 0.2) is 0 Å². The first-order valence-corrected chi connectivity index (χ1v) is 6.62. The van der Waals surface area contributed by atoms with Crippen LogP contribution in [0.25, 0.3) is 0 Å². The Morgan fingerprint density at radius 2 is 2.15 bits per heavy atom. The molecule has 1 rings (SSSR count). The number of hydrogen-bond acceptors (Lipinski definition) is 4. The van der Waals surface area contributed by atoms with Gasteiger partial charge in [-0.1, -0.05) is 12.1 Å². The Bertz CT molecular complexity index is 480. The van der Waals surface area contributed by atoms with Crippen molar-refractivity contribution in [1.29, 1.82) is 5.26 Å². The van der Waals surface area contributed by atoms with Gasteiger partial charge in [0.25, 0.3) is 0 Å². The van der Waals surface area contributed by atoms with Crippen molar-refractivity contribution >= 4 is 5.91 Å². The first kappa shape index (κ1) is 16.0. The van der Waals surface area contributed by atoms with Crippen LogP contribution in [0.5, 0.6) is 5.75 Å². The van der Waals surface area contributed by atoms with E-state index in [9.17, 15) is 4.79 Å². The van der Waals surface area contributed by atoms with Crippen LogP contribution in [0.4, 0.5) is 0 Å². The summed E-state index contributed by atoms with van der Waals surface area (Å²) in [5.74, 6) is 0.579. The molecular formula is C15H21N3O2. The van der Waals surface area contributed by atoms with Gasteiger partial charge in [-0.05, 0) is 33.0 Å². The second kappa shape index (κ2) is 8.18. The summed E-state index contributed by atoms with van der Waals surface area (Å²) < 4.78 is 5.57. The summed E-state index contributed by atoms with van der Waals surface area (Å²) in [7, 11) is 1.86. The van der Waals surface area contributed by atoms with Crippen LogP contribution in [0.1, 0.15) is 19.4 Å². The maximum absolute atomic E-state index is 11.6. The lowest BCUT2D eigenvalue weighted by atomic mass is 10.2. The lowest BCUT2D eigenvalue weighted by molar-refractivity contribution is -0.122. The van der Waals surface area contributed by atoms with Crippen molar-refractivity contribution in [1.82, 2.24) is 10.2 Å². The van der Waals surface area contributed by atoms with E-state index in [0.29, 0.717) is 31.0 Å². The summed E-state index contributed by atoms with van der Waals surface area (Å²) in [6.45, 7) is 5.25. The van der Waals surface area contributed by atoms with E-state index in [-0.39, 0.29) is 11.9 Å². The smallest absolute Gasteiger partial charge is 0.234 e. The molecule has 1 N–H and O–H groups in total. The molecule has 0 aliphatic rings. The number of carbonyl (C=O) groups is 1. The molecule has 0 aliphatic heterocycles. The monoisotopic (exact) mass is 275 g/mol. The minimum absolute atomic E-state index is 0.0000694. The summed E-state index contributed by atoms with van der Waals surface area (Å²) in [5.41, 5.74) is 0.521. The second-order valence-corrected chi connectivity index (χ2v) is 4.92. The van der Waals surface area contributed by atoms with E-state index in [4.69, 9.17) is 10.00 Å². The highest BCUT2D eigenvalue weighted by molar-refractivity contribution is 5.78. The SMILES string of the molecule is CC(C)NC(=O)CN(C)CCOc1ccccc1C#N. The van der Waals surface area contributed by atoms with Crippen LogP contribution in [0, 0.1) is 11.3 Å². The van der Waals surface area contributed by atoms with Crippen molar-refractivity contribution in [3.05, 3.63) is 29.8 Å². The van der Waals surface area contributed by atoms with Gasteiger partial charge in [0.1, 0.15) is 18.4 Å². The molecule has 1 amide bonds. The molecule has 0 saturated heterocycles. The van der Waals surface area contributed by atoms with Crippen LogP contribution < -0.4 is 10.1 Å². The summed E-state index contributed by atoms with van der Waals surface area (Å²) in [6.07, 6.45) is 0. The van der Waals surface area contributed by atoms with Crippen LogP contribution in [-0.2, 0) is 4.79 Å². The average molecular weight is 275 g/mol. The van der Waals surface area contributed by atoms with Crippen molar-refractivity contribution < 1.29 is 9.53 Å². The van der Waals surface area contributed by atoms with Crippen LogP contribution in [-0.4, -0.2) is 43.6 Å². The molecule has 20 heavy (non-hydrogen) atoms. The van der Waals surface area contributed by atoms with Gasteiger partial charge < -0.3 is 10.1 Å². The fourth-order valence-corrected chi connectivity index (χ4v) is 1.69. The Kier molecular flexibility index (Phi) is 6.54. The van der Waals surface area contributed by atoms with Gasteiger partial charge in [-0.2, -0.15) is 5.26 Å². The zero-order valence-electron chi connectivity index (χ0n) is 12.2. The molecule has 0 aromatic heterocycles. The van der Waals surface area contributed by atoms with Crippen molar-refractivity contribution in [3.8, 4) is 11.8 Å². The predicted molar refractivity (Wildman–Crippen MR) is 77.4 cm³/mol. The van der Waals surface area contributed by atoms with E-state index in [0.717, 1.165) is 0 Å². The minimum Gasteiger partial charge on any atom is -0.491 e. The van der Waals surface area contributed by atoms with Crippen LogP contribution in [0.3, 0.4) is 0 Å². The highest BCUT2D eigenvalue weighted by atomic mass is 16.5. The lowest BCUT2D eigenvalue weighted by Gasteiger charge is -2.17. The van der Waals surface area contributed by atoms with Gasteiger partial charge in [-0.15, -0.1) is 0 Å². The van der Waals surface area contributed by atoms with Gasteiger partial charge in [0.2, 0.25) is 5.91 Å². The largest absolute Gasteiger partial charge is 0.491 e. The van der Waals surface area contributed by atoms with E-state index >= 15 is 0 Å². The number of amides is 1. The van der Waals surface area contributed by atoms with Crippen molar-refractivity contribution in [2.45, 2.75) is 19.9 Å². The zero-order valence-corrected chi connectivity index (χ0v) is 12.2. The van der Waals surface area contributed by atoms with Crippen LogP contribution in [0.15, 0.2) is 24.3 Å².